The van der Waals surface area contributed by atoms with Gasteiger partial charge in [0, 0.05) is 36.3 Å². The summed E-state index contributed by atoms with van der Waals surface area (Å²) in [5.74, 6) is 0.522. The number of nitrogens with one attached hydrogen (secondary N) is 1. The molecule has 2 aliphatic heterocycles. The van der Waals surface area contributed by atoms with Crippen LogP contribution in [-0.4, -0.2) is 34.7 Å². The second kappa shape index (κ2) is 5.56. The molecule has 1 fully saturated rings. The van der Waals surface area contributed by atoms with Crippen LogP contribution in [0.25, 0.3) is 10.9 Å². The Bertz CT molecular complexity index is 715. The molecule has 2 N–H and O–H groups in total. The molecule has 0 bridgehead atoms. The molecule has 1 saturated heterocycles. The van der Waals surface area contributed by atoms with Gasteiger partial charge in [-0.3, -0.25) is 4.90 Å². The van der Waals surface area contributed by atoms with Gasteiger partial charge in [0.2, 0.25) is 0 Å². The molecule has 4 rings (SSSR count). The Labute approximate surface area is 131 Å². The van der Waals surface area contributed by atoms with E-state index in [-0.39, 0.29) is 6.61 Å². The van der Waals surface area contributed by atoms with Crippen LogP contribution >= 0.6 is 0 Å². The first-order valence-electron chi connectivity index (χ1n) is 8.41. The quantitative estimate of drug-likeness (QED) is 0.834. The number of piperidine rings is 1. The third-order valence-corrected chi connectivity index (χ3v) is 5.54. The third kappa shape index (κ3) is 2.11. The number of aliphatic hydroxyl groups excluding tert-OH is 1. The number of rotatable bonds is 2. The molecule has 2 atom stereocenters. The molecular formula is C19H24N2O. The molecule has 1 aromatic carbocycles. The number of aromatic amines is 1. The minimum Gasteiger partial charge on any atom is -0.396 e. The molecule has 2 aliphatic rings. The van der Waals surface area contributed by atoms with Crippen LogP contribution in [0.5, 0.6) is 0 Å². The van der Waals surface area contributed by atoms with E-state index in [0.717, 1.165) is 32.4 Å². The lowest BCUT2D eigenvalue weighted by molar-refractivity contribution is 0.126. The Morgan fingerprint density at radius 1 is 1.36 bits per heavy atom. The second-order valence-corrected chi connectivity index (χ2v) is 6.61. The first-order chi connectivity index (χ1) is 10.8. The zero-order valence-corrected chi connectivity index (χ0v) is 13.2. The number of allylic oxidation sites excluding steroid dienone is 1. The van der Waals surface area contributed by atoms with Crippen molar-refractivity contribution in [1.29, 1.82) is 0 Å². The maximum absolute atomic E-state index is 9.39. The van der Waals surface area contributed by atoms with Crippen molar-refractivity contribution < 1.29 is 5.11 Å². The van der Waals surface area contributed by atoms with Crippen LogP contribution in [0, 0.1) is 5.92 Å². The number of H-pyrrole nitrogens is 1. The minimum absolute atomic E-state index is 0.286. The molecule has 0 radical (unpaired) electrons. The fraction of sp³-hybridized carbons (Fsp3) is 0.474. The first-order valence-corrected chi connectivity index (χ1v) is 8.41. The van der Waals surface area contributed by atoms with E-state index in [4.69, 9.17) is 0 Å². The Hall–Kier alpha value is -1.58. The molecule has 1 aromatic heterocycles. The Morgan fingerprint density at radius 2 is 2.23 bits per heavy atom. The van der Waals surface area contributed by atoms with Gasteiger partial charge >= 0.3 is 0 Å². The summed E-state index contributed by atoms with van der Waals surface area (Å²) in [6, 6.07) is 9.15. The van der Waals surface area contributed by atoms with Gasteiger partial charge in [0.15, 0.2) is 0 Å². The summed E-state index contributed by atoms with van der Waals surface area (Å²) in [5, 5.41) is 10.8. The lowest BCUT2D eigenvalue weighted by Gasteiger charge is -2.43. The standard InChI is InChI=1S/C19H24N2O/c1-2-13-12-21-9-7-16-15-5-3-4-6-17(15)20-19(16)18(21)11-14(13)8-10-22/h2-6,14,18,20,22H,7-12H2,1H3/b13-2+/t14-,18-/m0/s1. The molecule has 22 heavy (non-hydrogen) atoms. The number of aromatic nitrogens is 1. The predicted molar refractivity (Wildman–Crippen MR) is 89.9 cm³/mol. The first kappa shape index (κ1) is 14.0. The van der Waals surface area contributed by atoms with Gasteiger partial charge in [0.1, 0.15) is 0 Å². The summed E-state index contributed by atoms with van der Waals surface area (Å²) in [6.45, 7) is 4.62. The van der Waals surface area contributed by atoms with Crippen molar-refractivity contribution in [2.45, 2.75) is 32.2 Å². The maximum Gasteiger partial charge on any atom is 0.0510 e. The predicted octanol–water partition coefficient (Wildman–Crippen LogP) is 3.42. The fourth-order valence-electron chi connectivity index (χ4n) is 4.40. The number of hydrogen-bond donors (Lipinski definition) is 2. The highest BCUT2D eigenvalue weighted by molar-refractivity contribution is 5.85. The molecular weight excluding hydrogens is 272 g/mol. The van der Waals surface area contributed by atoms with Crippen LogP contribution in [0.1, 0.15) is 37.1 Å². The number of aliphatic hydroxyl groups is 1. The largest absolute Gasteiger partial charge is 0.396 e. The van der Waals surface area contributed by atoms with E-state index in [2.05, 4.69) is 47.1 Å². The lowest BCUT2D eigenvalue weighted by atomic mass is 9.80. The maximum atomic E-state index is 9.39. The average molecular weight is 296 g/mol. The second-order valence-electron chi connectivity index (χ2n) is 6.61. The number of hydrogen-bond acceptors (Lipinski definition) is 2. The van der Waals surface area contributed by atoms with Crippen molar-refractivity contribution >= 4 is 10.9 Å². The molecule has 0 amide bonds. The number of nitrogens with zero attached hydrogens (tertiary/aromatic N) is 1. The van der Waals surface area contributed by atoms with Crippen LogP contribution in [0.3, 0.4) is 0 Å². The molecule has 116 valence electrons. The average Bonchev–Trinajstić information content (AvgIpc) is 2.93. The molecule has 0 unspecified atom stereocenters. The zero-order valence-electron chi connectivity index (χ0n) is 13.2. The van der Waals surface area contributed by atoms with Crippen LogP contribution in [0.15, 0.2) is 35.9 Å². The lowest BCUT2D eigenvalue weighted by Crippen LogP contribution is -2.42. The summed E-state index contributed by atoms with van der Waals surface area (Å²) in [7, 11) is 0. The van der Waals surface area contributed by atoms with Gasteiger partial charge in [-0.05, 0) is 43.7 Å². The van der Waals surface area contributed by atoms with Crippen LogP contribution in [-0.2, 0) is 6.42 Å². The zero-order chi connectivity index (χ0) is 15.1. The molecule has 2 aromatic rings. The fourth-order valence-corrected chi connectivity index (χ4v) is 4.40. The molecule has 3 nitrogen and oxygen atoms in total. The van der Waals surface area contributed by atoms with Gasteiger partial charge < -0.3 is 10.1 Å². The van der Waals surface area contributed by atoms with E-state index in [1.54, 1.807) is 0 Å². The molecule has 0 aliphatic carbocycles. The smallest absolute Gasteiger partial charge is 0.0510 e. The van der Waals surface area contributed by atoms with Gasteiger partial charge in [-0.2, -0.15) is 0 Å². The molecule has 3 heteroatoms. The van der Waals surface area contributed by atoms with E-state index in [1.165, 1.54) is 27.7 Å². The molecule has 3 heterocycles. The highest BCUT2D eigenvalue weighted by Gasteiger charge is 2.36. The topological polar surface area (TPSA) is 39.3 Å². The SMILES string of the molecule is C/C=C1\CN2CCc3c([nH]c4ccccc34)[C@@H]2C[C@@H]1CCO. The monoisotopic (exact) mass is 296 g/mol. The molecule has 0 spiro atoms. The van der Waals surface area contributed by atoms with E-state index >= 15 is 0 Å². The van der Waals surface area contributed by atoms with Crippen LogP contribution in [0.2, 0.25) is 0 Å². The molecule has 0 saturated carbocycles. The van der Waals surface area contributed by atoms with Crippen LogP contribution in [0.4, 0.5) is 0 Å². The van der Waals surface area contributed by atoms with Crippen LogP contribution < -0.4 is 0 Å². The van der Waals surface area contributed by atoms with E-state index in [9.17, 15) is 5.11 Å². The van der Waals surface area contributed by atoms with E-state index in [0.29, 0.717) is 12.0 Å². The van der Waals surface area contributed by atoms with Gasteiger partial charge in [-0.25, -0.2) is 0 Å². The highest BCUT2D eigenvalue weighted by Crippen LogP contribution is 2.43. The van der Waals surface area contributed by atoms with Crippen molar-refractivity contribution in [2.75, 3.05) is 19.7 Å². The number of para-hydroxylation sites is 1. The number of benzene rings is 1. The summed E-state index contributed by atoms with van der Waals surface area (Å²) < 4.78 is 0. The van der Waals surface area contributed by atoms with Gasteiger partial charge in [0.05, 0.1) is 6.04 Å². The summed E-state index contributed by atoms with van der Waals surface area (Å²) in [5.41, 5.74) is 5.71. The Kier molecular flexibility index (Phi) is 3.55. The Morgan fingerprint density at radius 3 is 3.05 bits per heavy atom. The van der Waals surface area contributed by atoms with Gasteiger partial charge in [-0.1, -0.05) is 29.8 Å². The minimum atomic E-state index is 0.286. The van der Waals surface area contributed by atoms with Crippen molar-refractivity contribution in [2.24, 2.45) is 5.92 Å². The van der Waals surface area contributed by atoms with Gasteiger partial charge in [0.25, 0.3) is 0 Å². The van der Waals surface area contributed by atoms with Crippen molar-refractivity contribution in [1.82, 2.24) is 9.88 Å². The number of fused-ring (bicyclic) bond motifs is 5. The Balaban J connectivity index is 1.74. The summed E-state index contributed by atoms with van der Waals surface area (Å²) >= 11 is 0. The summed E-state index contributed by atoms with van der Waals surface area (Å²) in [4.78, 5) is 6.30. The van der Waals surface area contributed by atoms with E-state index < -0.39 is 0 Å². The van der Waals surface area contributed by atoms with Crippen molar-refractivity contribution in [3.05, 3.63) is 47.2 Å². The van der Waals surface area contributed by atoms with E-state index in [1.807, 2.05) is 0 Å². The van der Waals surface area contributed by atoms with Crippen molar-refractivity contribution in [3.8, 4) is 0 Å². The van der Waals surface area contributed by atoms with Gasteiger partial charge in [-0.15, -0.1) is 0 Å². The summed E-state index contributed by atoms with van der Waals surface area (Å²) in [6.07, 6.45) is 5.41. The third-order valence-electron chi connectivity index (χ3n) is 5.54. The highest BCUT2D eigenvalue weighted by atomic mass is 16.3. The van der Waals surface area contributed by atoms with Crippen molar-refractivity contribution in [3.63, 3.8) is 0 Å². The normalized spacial score (nSPS) is 27.1.